The summed E-state index contributed by atoms with van der Waals surface area (Å²) in [4.78, 5) is 20.2. The molecule has 5 unspecified atom stereocenters. The van der Waals surface area contributed by atoms with Crippen LogP contribution < -0.4 is 16.4 Å². The summed E-state index contributed by atoms with van der Waals surface area (Å²) in [6.45, 7) is 0.739. The minimum atomic E-state index is -4.82. The van der Waals surface area contributed by atoms with Gasteiger partial charge in [0.05, 0.1) is 16.8 Å². The lowest BCUT2D eigenvalue weighted by atomic mass is 9.86. The van der Waals surface area contributed by atoms with Crippen LogP contribution in [0.25, 0.3) is 0 Å². The molecule has 5 rings (SSSR count). The standard InChI is InChI=1S/C29H30ClF5N6O3S/c30-21-9-6-16(11-23(21)32)25(17-12-38-28(39-13-17)29(33,34)35)26(36)27(42)40-24-5-1-4-22(31)20(24)8-7-19-14-37-18-3-2-10-45(43,44)41(19)15-18/h1,4-6,9,11-13,18-19,25-26,37H,2-3,7-8,10,14-15,36H2,(H,40,42). The fraction of sp³-hybridized carbons (Fsp3) is 0.414. The van der Waals surface area contributed by atoms with Crippen molar-refractivity contribution in [2.75, 3.05) is 24.2 Å². The first-order valence-electron chi connectivity index (χ1n) is 14.2. The lowest BCUT2D eigenvalue weighted by Gasteiger charge is -2.37. The zero-order valence-corrected chi connectivity index (χ0v) is 25.3. The number of nitrogens with one attached hydrogen (secondary N) is 2. The summed E-state index contributed by atoms with van der Waals surface area (Å²) >= 11 is 5.81. The van der Waals surface area contributed by atoms with Crippen LogP contribution in [-0.2, 0) is 27.4 Å². The van der Waals surface area contributed by atoms with E-state index in [1.54, 1.807) is 0 Å². The molecule has 2 aromatic carbocycles. The fourth-order valence-electron chi connectivity index (χ4n) is 5.81. The Hall–Kier alpha value is -3.24. The second-order valence-corrected chi connectivity index (χ2v) is 13.5. The highest BCUT2D eigenvalue weighted by Crippen LogP contribution is 2.33. The predicted octanol–water partition coefficient (Wildman–Crippen LogP) is 4.22. The maximum atomic E-state index is 15.1. The number of aromatic nitrogens is 2. The average molecular weight is 673 g/mol. The van der Waals surface area contributed by atoms with Gasteiger partial charge >= 0.3 is 6.18 Å². The van der Waals surface area contributed by atoms with E-state index in [0.717, 1.165) is 24.9 Å². The van der Waals surface area contributed by atoms with Crippen molar-refractivity contribution in [1.82, 2.24) is 19.6 Å². The van der Waals surface area contributed by atoms with E-state index in [4.69, 9.17) is 17.3 Å². The third-order valence-electron chi connectivity index (χ3n) is 8.12. The van der Waals surface area contributed by atoms with Crippen LogP contribution in [0.3, 0.4) is 0 Å². The molecule has 242 valence electrons. The van der Waals surface area contributed by atoms with Crippen LogP contribution >= 0.6 is 11.6 Å². The normalized spacial score (nSPS) is 22.7. The van der Waals surface area contributed by atoms with Crippen LogP contribution in [0.4, 0.5) is 27.6 Å². The number of nitrogens with zero attached hydrogens (tertiary/aromatic N) is 3. The van der Waals surface area contributed by atoms with Gasteiger partial charge in [0, 0.05) is 54.7 Å². The molecule has 0 spiro atoms. The minimum Gasteiger partial charge on any atom is -0.324 e. The van der Waals surface area contributed by atoms with Crippen LogP contribution in [0.1, 0.15) is 47.7 Å². The van der Waals surface area contributed by atoms with Crippen LogP contribution in [0, 0.1) is 11.6 Å². The summed E-state index contributed by atoms with van der Waals surface area (Å²) in [6, 6.07) is 5.75. The molecule has 0 saturated carbocycles. The number of fused-ring (bicyclic) bond motifs is 2. The highest BCUT2D eigenvalue weighted by molar-refractivity contribution is 7.89. The number of amides is 1. The van der Waals surface area contributed by atoms with Crippen molar-refractivity contribution in [2.45, 2.75) is 55.9 Å². The lowest BCUT2D eigenvalue weighted by Crippen LogP contribution is -2.57. The Morgan fingerprint density at radius 1 is 1.13 bits per heavy atom. The van der Waals surface area contributed by atoms with Crippen LogP contribution in [-0.4, -0.2) is 65.6 Å². The van der Waals surface area contributed by atoms with Gasteiger partial charge in [0.15, 0.2) is 0 Å². The van der Waals surface area contributed by atoms with Crippen molar-refractivity contribution in [1.29, 1.82) is 0 Å². The van der Waals surface area contributed by atoms with Crippen molar-refractivity contribution in [3.63, 3.8) is 0 Å². The van der Waals surface area contributed by atoms with Crippen molar-refractivity contribution >= 4 is 33.2 Å². The van der Waals surface area contributed by atoms with E-state index in [9.17, 15) is 30.8 Å². The second kappa shape index (κ2) is 13.2. The number of benzene rings is 2. The number of anilines is 1. The topological polar surface area (TPSA) is 130 Å². The highest BCUT2D eigenvalue weighted by Gasteiger charge is 2.38. The van der Waals surface area contributed by atoms with E-state index in [1.165, 1.54) is 34.6 Å². The summed E-state index contributed by atoms with van der Waals surface area (Å²) < 4.78 is 96.0. The summed E-state index contributed by atoms with van der Waals surface area (Å²) in [6.07, 6.45) is -1.46. The maximum Gasteiger partial charge on any atom is 0.451 e. The number of alkyl halides is 3. The van der Waals surface area contributed by atoms with Gasteiger partial charge < -0.3 is 16.4 Å². The molecule has 1 amide bonds. The molecule has 5 atom stereocenters. The largest absolute Gasteiger partial charge is 0.451 e. The van der Waals surface area contributed by atoms with E-state index in [1.807, 2.05) is 0 Å². The lowest BCUT2D eigenvalue weighted by molar-refractivity contribution is -0.145. The SMILES string of the molecule is NC(C(=O)Nc1cccc(F)c1CCC1CNC2CCCS(=O)(=O)N1C2)C(c1cnc(C(F)(F)F)nc1)c1ccc(Cl)c(F)c1. The zero-order valence-electron chi connectivity index (χ0n) is 23.7. The summed E-state index contributed by atoms with van der Waals surface area (Å²) in [5, 5.41) is 5.74. The van der Waals surface area contributed by atoms with Gasteiger partial charge in [-0.25, -0.2) is 27.2 Å². The monoisotopic (exact) mass is 672 g/mol. The van der Waals surface area contributed by atoms with Gasteiger partial charge in [0.1, 0.15) is 11.6 Å². The minimum absolute atomic E-state index is 0.00593. The van der Waals surface area contributed by atoms with Crippen LogP contribution in [0.5, 0.6) is 0 Å². The molecule has 9 nitrogen and oxygen atoms in total. The Labute approximate surface area is 261 Å². The van der Waals surface area contributed by atoms with Gasteiger partial charge in [-0.05, 0) is 61.1 Å². The van der Waals surface area contributed by atoms with E-state index < -0.39 is 57.6 Å². The van der Waals surface area contributed by atoms with Gasteiger partial charge in [0.25, 0.3) is 0 Å². The molecule has 0 radical (unpaired) electrons. The number of hydrogen-bond donors (Lipinski definition) is 3. The summed E-state index contributed by atoms with van der Waals surface area (Å²) in [5.74, 6) is -4.91. The number of carbonyl (C=O) groups excluding carboxylic acids is 1. The first-order valence-corrected chi connectivity index (χ1v) is 16.1. The van der Waals surface area contributed by atoms with Crippen molar-refractivity contribution in [3.05, 3.63) is 88.0 Å². The number of sulfonamides is 1. The second-order valence-electron chi connectivity index (χ2n) is 11.1. The number of carbonyl (C=O) groups is 1. The molecule has 2 bridgehead atoms. The Bertz CT molecular complexity index is 1660. The average Bonchev–Trinajstić information content (AvgIpc) is 3.10. The van der Waals surface area contributed by atoms with Gasteiger partial charge in [-0.15, -0.1) is 0 Å². The van der Waals surface area contributed by atoms with E-state index >= 15 is 4.39 Å². The summed E-state index contributed by atoms with van der Waals surface area (Å²) in [5.41, 5.74) is 6.66. The van der Waals surface area contributed by atoms with Gasteiger partial charge in [-0.1, -0.05) is 23.7 Å². The quantitative estimate of drug-likeness (QED) is 0.306. The first kappa shape index (κ1) is 33.1. The summed E-state index contributed by atoms with van der Waals surface area (Å²) in [7, 11) is -3.47. The molecule has 4 N–H and O–H groups in total. The first-order chi connectivity index (χ1) is 21.2. The van der Waals surface area contributed by atoms with Crippen LogP contribution in [0.2, 0.25) is 5.02 Å². The van der Waals surface area contributed by atoms with Gasteiger partial charge in [-0.3, -0.25) is 4.79 Å². The molecule has 2 saturated heterocycles. The zero-order chi connectivity index (χ0) is 32.5. The van der Waals surface area contributed by atoms with Crippen molar-refractivity contribution in [3.8, 4) is 0 Å². The number of hydrogen-bond acceptors (Lipinski definition) is 7. The number of rotatable bonds is 8. The smallest absolute Gasteiger partial charge is 0.324 e. The molecule has 3 heterocycles. The Morgan fingerprint density at radius 3 is 2.56 bits per heavy atom. The third kappa shape index (κ3) is 7.43. The van der Waals surface area contributed by atoms with E-state index in [0.29, 0.717) is 19.5 Å². The molecular weight excluding hydrogens is 643 g/mol. The third-order valence-corrected chi connectivity index (χ3v) is 10.4. The molecule has 2 aliphatic heterocycles. The molecule has 2 fully saturated rings. The van der Waals surface area contributed by atoms with E-state index in [-0.39, 0.29) is 52.0 Å². The molecule has 3 aromatic rings. The Morgan fingerprint density at radius 2 is 1.87 bits per heavy atom. The number of nitrogens with two attached hydrogens (primary N) is 1. The molecule has 1 aromatic heterocycles. The van der Waals surface area contributed by atoms with E-state index in [2.05, 4.69) is 20.6 Å². The predicted molar refractivity (Wildman–Crippen MR) is 157 cm³/mol. The molecular formula is C29H30ClF5N6O3S. The van der Waals surface area contributed by atoms with Gasteiger partial charge in [0.2, 0.25) is 21.8 Å². The molecule has 16 heteroatoms. The molecule has 0 aliphatic carbocycles. The number of piperazine rings is 1. The van der Waals surface area contributed by atoms with Crippen molar-refractivity contribution < 1.29 is 35.2 Å². The highest BCUT2D eigenvalue weighted by atomic mass is 35.5. The molecule has 2 aliphatic rings. The van der Waals surface area contributed by atoms with Gasteiger partial charge in [-0.2, -0.15) is 17.5 Å². The maximum absolute atomic E-state index is 15.1. The number of halogens is 6. The Balaban J connectivity index is 1.39. The van der Waals surface area contributed by atoms with Crippen molar-refractivity contribution in [2.24, 2.45) is 5.73 Å². The fourth-order valence-corrected chi connectivity index (χ4v) is 7.74. The Kier molecular flexibility index (Phi) is 9.75. The van der Waals surface area contributed by atoms with Crippen LogP contribution in [0.15, 0.2) is 48.8 Å². The molecule has 45 heavy (non-hydrogen) atoms.